The van der Waals surface area contributed by atoms with Crippen LogP contribution in [0.15, 0.2) is 42.5 Å². The average Bonchev–Trinajstić information content (AvgIpc) is 3.09. The highest BCUT2D eigenvalue weighted by atomic mass is 16.2. The molecule has 0 atom stereocenters. The topological polar surface area (TPSA) is 63.1 Å². The van der Waals surface area contributed by atoms with Gasteiger partial charge >= 0.3 is 0 Å². The van der Waals surface area contributed by atoms with Crippen LogP contribution in [0.5, 0.6) is 0 Å². The Morgan fingerprint density at radius 1 is 1.07 bits per heavy atom. The summed E-state index contributed by atoms with van der Waals surface area (Å²) in [7, 11) is 0. The Labute approximate surface area is 171 Å². The van der Waals surface area contributed by atoms with E-state index in [2.05, 4.69) is 57.7 Å². The number of aromatic nitrogens is 3. The van der Waals surface area contributed by atoms with Crippen LogP contribution in [-0.4, -0.2) is 45.4 Å². The minimum atomic E-state index is -0.170. The smallest absolute Gasteiger partial charge is 0.273 e. The maximum absolute atomic E-state index is 12.6. The Morgan fingerprint density at radius 3 is 2.66 bits per heavy atom. The van der Waals surface area contributed by atoms with E-state index < -0.39 is 0 Å². The summed E-state index contributed by atoms with van der Waals surface area (Å²) in [6.45, 7) is 9.28. The van der Waals surface area contributed by atoms with Gasteiger partial charge in [-0.05, 0) is 49.9 Å². The number of rotatable bonds is 5. The van der Waals surface area contributed by atoms with Crippen LogP contribution in [0.3, 0.4) is 0 Å². The van der Waals surface area contributed by atoms with Crippen molar-refractivity contribution in [3.63, 3.8) is 0 Å². The lowest BCUT2D eigenvalue weighted by Crippen LogP contribution is -2.38. The van der Waals surface area contributed by atoms with Crippen LogP contribution in [0.4, 0.5) is 0 Å². The van der Waals surface area contributed by atoms with Crippen molar-refractivity contribution in [2.45, 2.75) is 33.7 Å². The van der Waals surface area contributed by atoms with Crippen molar-refractivity contribution in [3.8, 4) is 5.69 Å². The van der Waals surface area contributed by atoms with Gasteiger partial charge in [-0.2, -0.15) is 9.90 Å². The number of nitrogens with zero attached hydrogens (tertiary/aromatic N) is 4. The summed E-state index contributed by atoms with van der Waals surface area (Å²) in [5, 5.41) is 11.9. The zero-order valence-corrected chi connectivity index (χ0v) is 17.3. The second kappa shape index (κ2) is 8.17. The van der Waals surface area contributed by atoms with Gasteiger partial charge in [0, 0.05) is 26.2 Å². The van der Waals surface area contributed by atoms with Crippen molar-refractivity contribution in [1.29, 1.82) is 0 Å². The van der Waals surface area contributed by atoms with Crippen LogP contribution in [0.1, 0.15) is 38.4 Å². The van der Waals surface area contributed by atoms with Crippen LogP contribution in [0, 0.1) is 20.8 Å². The monoisotopic (exact) mass is 389 g/mol. The van der Waals surface area contributed by atoms with Gasteiger partial charge in [0.25, 0.3) is 5.91 Å². The number of carbonyl (C=O) groups excluding carboxylic acids is 1. The molecule has 0 radical (unpaired) electrons. The molecule has 1 aliphatic rings. The van der Waals surface area contributed by atoms with Crippen LogP contribution >= 0.6 is 0 Å². The van der Waals surface area contributed by atoms with Crippen molar-refractivity contribution in [3.05, 3.63) is 76.1 Å². The Bertz CT molecular complexity index is 1040. The summed E-state index contributed by atoms with van der Waals surface area (Å²) in [5.41, 5.74) is 7.00. The van der Waals surface area contributed by atoms with Gasteiger partial charge in [0.05, 0.1) is 11.4 Å². The Balaban J connectivity index is 1.36. The van der Waals surface area contributed by atoms with Crippen LogP contribution in [-0.2, 0) is 13.0 Å². The van der Waals surface area contributed by atoms with Gasteiger partial charge in [-0.15, -0.1) is 5.10 Å². The summed E-state index contributed by atoms with van der Waals surface area (Å²) >= 11 is 0. The van der Waals surface area contributed by atoms with Crippen molar-refractivity contribution >= 4 is 5.91 Å². The molecule has 29 heavy (non-hydrogen) atoms. The second-order valence-corrected chi connectivity index (χ2v) is 7.76. The second-order valence-electron chi connectivity index (χ2n) is 7.76. The number of carbonyl (C=O) groups is 1. The molecule has 1 amide bonds. The minimum absolute atomic E-state index is 0.170. The summed E-state index contributed by atoms with van der Waals surface area (Å²) in [4.78, 5) is 16.6. The van der Waals surface area contributed by atoms with Gasteiger partial charge in [0.1, 0.15) is 0 Å². The minimum Gasteiger partial charge on any atom is -0.349 e. The first kappa shape index (κ1) is 19.3. The zero-order chi connectivity index (χ0) is 20.4. The average molecular weight is 390 g/mol. The molecule has 0 saturated heterocycles. The molecule has 0 fully saturated rings. The number of nitrogens with one attached hydrogen (secondary N) is 1. The number of amides is 1. The molecule has 1 aliphatic heterocycles. The van der Waals surface area contributed by atoms with E-state index in [0.29, 0.717) is 17.9 Å². The summed E-state index contributed by atoms with van der Waals surface area (Å²) < 4.78 is 0. The Hall–Kier alpha value is -2.99. The molecule has 2 heterocycles. The lowest BCUT2D eigenvalue weighted by molar-refractivity contribution is 0.0941. The molecule has 2 aromatic carbocycles. The summed E-state index contributed by atoms with van der Waals surface area (Å²) in [6, 6.07) is 14.7. The third kappa shape index (κ3) is 4.22. The third-order valence-electron chi connectivity index (χ3n) is 5.49. The molecule has 0 bridgehead atoms. The molecule has 0 aliphatic carbocycles. The van der Waals surface area contributed by atoms with Crippen molar-refractivity contribution in [2.24, 2.45) is 0 Å². The van der Waals surface area contributed by atoms with E-state index in [1.54, 1.807) is 4.80 Å². The molecule has 0 spiro atoms. The molecule has 3 aromatic rings. The Kier molecular flexibility index (Phi) is 5.45. The standard InChI is InChI=1S/C23H27N5O/c1-16-8-9-21(17(2)14-16)28-25-18(3)22(26-28)23(29)24-11-13-27-12-10-19-6-4-5-7-20(19)15-27/h4-9,14H,10-13,15H2,1-3H3,(H,24,29). The maximum Gasteiger partial charge on any atom is 0.273 e. The molecule has 1 aromatic heterocycles. The molecule has 6 heteroatoms. The SMILES string of the molecule is Cc1ccc(-n2nc(C)c(C(=O)NCCN3CCc4ccccc4C3)n2)c(C)c1. The predicted molar refractivity (Wildman–Crippen MR) is 113 cm³/mol. The fourth-order valence-corrected chi connectivity index (χ4v) is 3.88. The lowest BCUT2D eigenvalue weighted by atomic mass is 10.00. The molecular weight excluding hydrogens is 362 g/mol. The molecule has 0 saturated carbocycles. The first-order valence-electron chi connectivity index (χ1n) is 10.1. The molecule has 4 rings (SSSR count). The van der Waals surface area contributed by atoms with Gasteiger partial charge < -0.3 is 5.32 Å². The number of fused-ring (bicyclic) bond motifs is 1. The van der Waals surface area contributed by atoms with E-state index in [0.717, 1.165) is 37.3 Å². The van der Waals surface area contributed by atoms with Crippen molar-refractivity contribution in [2.75, 3.05) is 19.6 Å². The molecule has 0 unspecified atom stereocenters. The van der Waals surface area contributed by atoms with E-state index in [4.69, 9.17) is 0 Å². The van der Waals surface area contributed by atoms with Gasteiger partial charge in [-0.25, -0.2) is 0 Å². The largest absolute Gasteiger partial charge is 0.349 e. The fourth-order valence-electron chi connectivity index (χ4n) is 3.88. The van der Waals surface area contributed by atoms with E-state index in [1.165, 1.54) is 16.7 Å². The van der Waals surface area contributed by atoms with E-state index in [1.807, 2.05) is 26.0 Å². The van der Waals surface area contributed by atoms with Crippen molar-refractivity contribution in [1.82, 2.24) is 25.2 Å². The quantitative estimate of drug-likeness (QED) is 0.729. The third-order valence-corrected chi connectivity index (χ3v) is 5.49. The summed E-state index contributed by atoms with van der Waals surface area (Å²) in [6.07, 6.45) is 1.06. The van der Waals surface area contributed by atoms with Gasteiger partial charge in [-0.1, -0.05) is 42.0 Å². The number of hydrogen-bond donors (Lipinski definition) is 1. The molecule has 150 valence electrons. The van der Waals surface area contributed by atoms with Crippen LogP contribution in [0.2, 0.25) is 0 Å². The number of aryl methyl sites for hydroxylation is 3. The highest BCUT2D eigenvalue weighted by Crippen LogP contribution is 2.18. The zero-order valence-electron chi connectivity index (χ0n) is 17.3. The molecular formula is C23H27N5O. The maximum atomic E-state index is 12.6. The highest BCUT2D eigenvalue weighted by molar-refractivity contribution is 5.93. The fraction of sp³-hybridized carbons (Fsp3) is 0.348. The van der Waals surface area contributed by atoms with Crippen LogP contribution in [0.25, 0.3) is 5.69 Å². The number of hydrogen-bond acceptors (Lipinski definition) is 4. The number of benzene rings is 2. The normalized spacial score (nSPS) is 13.9. The summed E-state index contributed by atoms with van der Waals surface area (Å²) in [5.74, 6) is -0.170. The van der Waals surface area contributed by atoms with E-state index >= 15 is 0 Å². The van der Waals surface area contributed by atoms with Crippen LogP contribution < -0.4 is 5.32 Å². The lowest BCUT2D eigenvalue weighted by Gasteiger charge is -2.28. The van der Waals surface area contributed by atoms with E-state index in [9.17, 15) is 4.79 Å². The highest BCUT2D eigenvalue weighted by Gasteiger charge is 2.18. The first-order chi connectivity index (χ1) is 14.0. The molecule has 6 nitrogen and oxygen atoms in total. The Morgan fingerprint density at radius 2 is 1.86 bits per heavy atom. The van der Waals surface area contributed by atoms with E-state index in [-0.39, 0.29) is 5.91 Å². The van der Waals surface area contributed by atoms with Gasteiger partial charge in [-0.3, -0.25) is 9.69 Å². The van der Waals surface area contributed by atoms with Crippen molar-refractivity contribution < 1.29 is 4.79 Å². The molecule has 1 N–H and O–H groups in total. The van der Waals surface area contributed by atoms with Gasteiger partial charge in [0.2, 0.25) is 0 Å². The van der Waals surface area contributed by atoms with Gasteiger partial charge in [0.15, 0.2) is 5.69 Å². The first-order valence-corrected chi connectivity index (χ1v) is 10.1. The predicted octanol–water partition coefficient (Wildman–Crippen LogP) is 2.98.